The number of carbonyl (C=O) groups is 3. The Bertz CT molecular complexity index is 1110. The molecule has 4 N–H and O–H groups in total. The Labute approximate surface area is 235 Å². The van der Waals surface area contributed by atoms with E-state index in [1.807, 2.05) is 11.5 Å². The summed E-state index contributed by atoms with van der Waals surface area (Å²) in [5, 5.41) is 17.7. The maximum atomic E-state index is 12.7. The zero-order valence-corrected chi connectivity index (χ0v) is 23.5. The number of likely N-dealkylation sites (tertiary alicyclic amines) is 1. The molecule has 0 saturated carbocycles. The summed E-state index contributed by atoms with van der Waals surface area (Å²) in [6.07, 6.45) is 0.665. The van der Waals surface area contributed by atoms with Crippen molar-refractivity contribution >= 4 is 17.7 Å². The minimum absolute atomic E-state index is 0. The van der Waals surface area contributed by atoms with Crippen molar-refractivity contribution in [3.63, 3.8) is 0 Å². The number of nitrogens with one attached hydrogen (secondary N) is 2. The SMILES string of the molecule is CC(C)N1C(=O)CCC(N2Cc3cc(C[NH-])ccc3C2=O)C1=O.COc1ccc(O)c(CNO)c1.[Y]. The molecule has 36 heavy (non-hydrogen) atoms. The standard InChI is InChI=1S/C17H20N3O3.C8H11NO3.Y/c1-10(2)20-15(21)6-5-14(17(20)23)19-9-12-7-11(8-18)3-4-13(12)16(19)22;1-12-7-2-3-8(10)6(4-7)5-9-11;/h3-4,7,10,14,18H,5-6,8-9H2,1-2H3;2-4,9-11H,5H2,1H3;/q-1;;. The van der Waals surface area contributed by atoms with E-state index in [0.717, 1.165) is 11.1 Å². The Morgan fingerprint density at radius 2 is 1.89 bits per heavy atom. The van der Waals surface area contributed by atoms with E-state index in [9.17, 15) is 19.5 Å². The van der Waals surface area contributed by atoms with Gasteiger partial charge in [-0.2, -0.15) is 0 Å². The van der Waals surface area contributed by atoms with Crippen LogP contribution in [-0.4, -0.2) is 57.0 Å². The van der Waals surface area contributed by atoms with Crippen molar-refractivity contribution in [1.29, 1.82) is 0 Å². The number of phenols is 1. The molecule has 10 nitrogen and oxygen atoms in total. The second kappa shape index (κ2) is 13.3. The summed E-state index contributed by atoms with van der Waals surface area (Å²) in [5.74, 6) is 0.184. The average Bonchev–Trinajstić information content (AvgIpc) is 3.16. The molecule has 2 aliphatic heterocycles. The van der Waals surface area contributed by atoms with Crippen LogP contribution in [0.15, 0.2) is 36.4 Å². The molecule has 191 valence electrons. The van der Waals surface area contributed by atoms with Crippen LogP contribution in [0, 0.1) is 0 Å². The van der Waals surface area contributed by atoms with Gasteiger partial charge in [-0.05, 0) is 50.1 Å². The van der Waals surface area contributed by atoms with E-state index >= 15 is 0 Å². The molecule has 2 aliphatic rings. The summed E-state index contributed by atoms with van der Waals surface area (Å²) in [6, 6.07) is 9.42. The number of fused-ring (bicyclic) bond motifs is 1. The van der Waals surface area contributed by atoms with Gasteiger partial charge in [0.15, 0.2) is 0 Å². The van der Waals surface area contributed by atoms with Gasteiger partial charge in [-0.25, -0.2) is 5.48 Å². The van der Waals surface area contributed by atoms with Crippen molar-refractivity contribution in [1.82, 2.24) is 15.3 Å². The fourth-order valence-electron chi connectivity index (χ4n) is 4.29. The fraction of sp³-hybridized carbons (Fsp3) is 0.400. The number of phenolic OH excluding ortho intramolecular Hbond substituents is 1. The van der Waals surface area contributed by atoms with E-state index < -0.39 is 6.04 Å². The molecule has 0 aliphatic carbocycles. The molecule has 4 rings (SSSR count). The van der Waals surface area contributed by atoms with E-state index in [1.54, 1.807) is 50.1 Å². The number of imide groups is 1. The molecule has 0 bridgehead atoms. The molecule has 1 fully saturated rings. The number of hydrogen-bond donors (Lipinski definition) is 3. The molecule has 1 unspecified atom stereocenters. The molecular weight excluding hydrogens is 541 g/mol. The maximum absolute atomic E-state index is 12.7. The number of amides is 3. The van der Waals surface area contributed by atoms with Crippen LogP contribution in [0.25, 0.3) is 5.73 Å². The summed E-state index contributed by atoms with van der Waals surface area (Å²) < 4.78 is 4.94. The summed E-state index contributed by atoms with van der Waals surface area (Å²) in [5.41, 5.74) is 12.3. The van der Waals surface area contributed by atoms with Crippen LogP contribution >= 0.6 is 0 Å². The third-order valence-electron chi connectivity index (χ3n) is 6.08. The van der Waals surface area contributed by atoms with Crippen molar-refractivity contribution in [3.05, 3.63) is 64.4 Å². The van der Waals surface area contributed by atoms with Gasteiger partial charge >= 0.3 is 0 Å². The van der Waals surface area contributed by atoms with Crippen molar-refractivity contribution < 1.29 is 62.1 Å². The van der Waals surface area contributed by atoms with Crippen LogP contribution in [0.3, 0.4) is 0 Å². The Morgan fingerprint density at radius 1 is 1.17 bits per heavy atom. The van der Waals surface area contributed by atoms with Crippen molar-refractivity contribution in [2.45, 2.75) is 58.4 Å². The third-order valence-corrected chi connectivity index (χ3v) is 6.08. The molecule has 3 amide bonds. The van der Waals surface area contributed by atoms with E-state index in [1.165, 1.54) is 11.0 Å². The van der Waals surface area contributed by atoms with Gasteiger partial charge < -0.3 is 25.7 Å². The summed E-state index contributed by atoms with van der Waals surface area (Å²) in [7, 11) is 1.54. The third kappa shape index (κ3) is 6.49. The second-order valence-corrected chi connectivity index (χ2v) is 8.68. The molecule has 0 spiro atoms. The van der Waals surface area contributed by atoms with Gasteiger partial charge in [0.2, 0.25) is 5.91 Å². The van der Waals surface area contributed by atoms with Gasteiger partial charge in [-0.3, -0.25) is 19.3 Å². The van der Waals surface area contributed by atoms with Gasteiger partial charge in [-0.1, -0.05) is 17.7 Å². The van der Waals surface area contributed by atoms with E-state index in [4.69, 9.17) is 15.7 Å². The van der Waals surface area contributed by atoms with Gasteiger partial charge in [0.1, 0.15) is 17.5 Å². The van der Waals surface area contributed by atoms with Crippen molar-refractivity contribution in [3.8, 4) is 11.5 Å². The molecular formula is C25H31N4O6Y-. The molecule has 1 saturated heterocycles. The monoisotopic (exact) mass is 572 g/mol. The van der Waals surface area contributed by atoms with Crippen LogP contribution in [0.5, 0.6) is 11.5 Å². The zero-order chi connectivity index (χ0) is 25.7. The largest absolute Gasteiger partial charge is 0.674 e. The molecule has 2 heterocycles. The molecule has 1 radical (unpaired) electrons. The van der Waals surface area contributed by atoms with Gasteiger partial charge in [-0.15, -0.1) is 6.54 Å². The Morgan fingerprint density at radius 3 is 2.50 bits per heavy atom. The van der Waals surface area contributed by atoms with Crippen molar-refractivity contribution in [2.75, 3.05) is 7.11 Å². The van der Waals surface area contributed by atoms with E-state index in [-0.39, 0.29) is 81.7 Å². The van der Waals surface area contributed by atoms with Crippen LogP contribution in [0.2, 0.25) is 0 Å². The predicted octanol–water partition coefficient (Wildman–Crippen LogP) is 3.00. The molecule has 0 aromatic heterocycles. The number of methoxy groups -OCH3 is 1. The first-order chi connectivity index (χ1) is 16.7. The number of carbonyl (C=O) groups excluding carboxylic acids is 3. The number of piperidine rings is 1. The Kier molecular flexibility index (Phi) is 11.0. The Balaban J connectivity index is 0.000000299. The number of ether oxygens (including phenoxy) is 1. The zero-order valence-electron chi connectivity index (χ0n) is 20.7. The van der Waals surface area contributed by atoms with Gasteiger partial charge in [0.05, 0.1) is 7.11 Å². The molecule has 1 atom stereocenters. The number of hydrogen-bond acceptors (Lipinski definition) is 7. The summed E-state index contributed by atoms with van der Waals surface area (Å²) >= 11 is 0. The Hall–Kier alpha value is -2.37. The second-order valence-electron chi connectivity index (χ2n) is 8.68. The first-order valence-corrected chi connectivity index (χ1v) is 11.4. The average molecular weight is 572 g/mol. The normalized spacial score (nSPS) is 16.9. The summed E-state index contributed by atoms with van der Waals surface area (Å²) in [6.45, 7) is 4.35. The van der Waals surface area contributed by atoms with Crippen molar-refractivity contribution in [2.24, 2.45) is 0 Å². The first kappa shape index (κ1) is 29.9. The minimum atomic E-state index is -0.575. The minimum Gasteiger partial charge on any atom is -0.674 e. The first-order valence-electron chi connectivity index (χ1n) is 11.4. The number of hydroxylamine groups is 1. The van der Waals surface area contributed by atoms with Crippen LogP contribution in [-0.2, 0) is 61.9 Å². The van der Waals surface area contributed by atoms with Gasteiger partial charge in [0.25, 0.3) is 11.8 Å². The van der Waals surface area contributed by atoms with Gasteiger partial charge in [0, 0.05) is 69.4 Å². The van der Waals surface area contributed by atoms with Crippen LogP contribution in [0.4, 0.5) is 0 Å². The molecule has 2 aromatic carbocycles. The van der Waals surface area contributed by atoms with E-state index in [2.05, 4.69) is 0 Å². The number of nitrogens with zero attached hydrogens (tertiary/aromatic N) is 2. The quantitative estimate of drug-likeness (QED) is 0.357. The fourth-order valence-corrected chi connectivity index (χ4v) is 4.29. The number of aromatic hydroxyl groups is 1. The molecule has 2 aromatic rings. The smallest absolute Gasteiger partial charge is 0.255 e. The predicted molar refractivity (Wildman–Crippen MR) is 128 cm³/mol. The van der Waals surface area contributed by atoms with Crippen LogP contribution < -0.4 is 10.2 Å². The van der Waals surface area contributed by atoms with Crippen LogP contribution in [0.1, 0.15) is 53.7 Å². The topological polar surface area (TPSA) is 143 Å². The maximum Gasteiger partial charge on any atom is 0.255 e. The van der Waals surface area contributed by atoms with E-state index in [0.29, 0.717) is 29.8 Å². The summed E-state index contributed by atoms with van der Waals surface area (Å²) in [4.78, 5) is 40.1. The number of rotatable bonds is 6. The molecule has 11 heteroatoms. The number of benzene rings is 2.